The molecule has 0 radical (unpaired) electrons. The van der Waals surface area contributed by atoms with Gasteiger partial charge in [-0.3, -0.25) is 9.10 Å². The molecule has 0 bridgehead atoms. The molecule has 32 heavy (non-hydrogen) atoms. The predicted octanol–water partition coefficient (Wildman–Crippen LogP) is 3.53. The van der Waals surface area contributed by atoms with Gasteiger partial charge >= 0.3 is 0 Å². The van der Waals surface area contributed by atoms with Gasteiger partial charge in [-0.05, 0) is 37.3 Å². The number of hydrogen-bond donors (Lipinski definition) is 1. The molecule has 1 aliphatic heterocycles. The highest BCUT2D eigenvalue weighted by atomic mass is 32.2. The van der Waals surface area contributed by atoms with Crippen molar-refractivity contribution in [2.75, 3.05) is 18.0 Å². The minimum atomic E-state index is -3.88. The summed E-state index contributed by atoms with van der Waals surface area (Å²) in [6, 6.07) is 22.0. The van der Waals surface area contributed by atoms with Gasteiger partial charge in [0.15, 0.2) is 6.10 Å². The van der Waals surface area contributed by atoms with E-state index in [2.05, 4.69) is 5.32 Å². The monoisotopic (exact) mass is 452 g/mol. The number of carbonyl (C=O) groups excluding carboxylic acids is 1. The number of methoxy groups -OCH3 is 1. The van der Waals surface area contributed by atoms with Gasteiger partial charge in [-0.1, -0.05) is 48.5 Å². The summed E-state index contributed by atoms with van der Waals surface area (Å²) in [5.74, 6) is 0.581. The number of sulfonamides is 1. The van der Waals surface area contributed by atoms with Gasteiger partial charge in [0.2, 0.25) is 0 Å². The first-order valence-corrected chi connectivity index (χ1v) is 11.6. The molecular weight excluding hydrogens is 428 g/mol. The number of anilines is 1. The van der Waals surface area contributed by atoms with Crippen LogP contribution in [0.1, 0.15) is 18.5 Å². The van der Waals surface area contributed by atoms with Gasteiger partial charge in [-0.25, -0.2) is 8.42 Å². The second-order valence-electron chi connectivity index (χ2n) is 7.40. The molecule has 0 spiro atoms. The standard InChI is InChI=1S/C24H24N2O5S/c1-17(19-12-6-8-14-21(19)30-2)25-24(27)23-16-26(20-13-7-9-15-22(20)31-23)32(28,29)18-10-4-3-5-11-18/h3-15,17,23H,16H2,1-2H3,(H,25,27)/t17-,23+/m0/s1. The van der Waals surface area contributed by atoms with E-state index >= 15 is 0 Å². The number of nitrogens with one attached hydrogen (secondary N) is 1. The van der Waals surface area contributed by atoms with E-state index in [0.29, 0.717) is 17.2 Å². The zero-order valence-corrected chi connectivity index (χ0v) is 18.6. The third kappa shape index (κ3) is 4.13. The molecule has 3 aromatic carbocycles. The van der Waals surface area contributed by atoms with Crippen molar-refractivity contribution in [1.82, 2.24) is 5.32 Å². The fourth-order valence-corrected chi connectivity index (χ4v) is 5.19. The number of fused-ring (bicyclic) bond motifs is 1. The summed E-state index contributed by atoms with van der Waals surface area (Å²) in [5.41, 5.74) is 1.21. The largest absolute Gasteiger partial charge is 0.496 e. The molecule has 166 valence electrons. The second-order valence-corrected chi connectivity index (χ2v) is 9.26. The van der Waals surface area contributed by atoms with E-state index in [1.54, 1.807) is 49.6 Å². The Morgan fingerprint density at radius 1 is 1.03 bits per heavy atom. The minimum absolute atomic E-state index is 0.140. The van der Waals surface area contributed by atoms with Crippen molar-refractivity contribution in [2.45, 2.75) is 24.0 Å². The molecule has 0 saturated heterocycles. The Morgan fingerprint density at radius 3 is 2.44 bits per heavy atom. The van der Waals surface area contributed by atoms with Gasteiger partial charge in [-0.2, -0.15) is 0 Å². The normalized spacial score (nSPS) is 16.4. The fourth-order valence-electron chi connectivity index (χ4n) is 3.69. The smallest absolute Gasteiger partial charge is 0.264 e. The van der Waals surface area contributed by atoms with Crippen LogP contribution in [0.4, 0.5) is 5.69 Å². The third-order valence-corrected chi connectivity index (χ3v) is 7.12. The van der Waals surface area contributed by atoms with Crippen LogP contribution in [-0.2, 0) is 14.8 Å². The Morgan fingerprint density at radius 2 is 1.69 bits per heavy atom. The van der Waals surface area contributed by atoms with Crippen LogP contribution in [0.2, 0.25) is 0 Å². The first-order chi connectivity index (χ1) is 15.4. The van der Waals surface area contributed by atoms with Crippen LogP contribution in [-0.4, -0.2) is 34.1 Å². The zero-order chi connectivity index (χ0) is 22.7. The molecule has 8 heteroatoms. The molecule has 0 aromatic heterocycles. The van der Waals surface area contributed by atoms with E-state index in [4.69, 9.17) is 9.47 Å². The van der Waals surface area contributed by atoms with Crippen molar-refractivity contribution < 1.29 is 22.7 Å². The fraction of sp³-hybridized carbons (Fsp3) is 0.208. The number of ether oxygens (including phenoxy) is 2. The maximum absolute atomic E-state index is 13.4. The molecule has 0 fully saturated rings. The number of carbonyl (C=O) groups is 1. The number of nitrogens with zero attached hydrogens (tertiary/aromatic N) is 1. The SMILES string of the molecule is COc1ccccc1[C@H](C)NC(=O)[C@H]1CN(S(=O)(=O)c2ccccc2)c2ccccc2O1. The Labute approximate surface area is 187 Å². The predicted molar refractivity (Wildman–Crippen MR) is 121 cm³/mol. The summed E-state index contributed by atoms with van der Waals surface area (Å²) in [6.45, 7) is 1.70. The van der Waals surface area contributed by atoms with Gasteiger partial charge in [-0.15, -0.1) is 0 Å². The first-order valence-electron chi connectivity index (χ1n) is 10.2. The van der Waals surface area contributed by atoms with Crippen molar-refractivity contribution in [3.8, 4) is 11.5 Å². The van der Waals surface area contributed by atoms with Gasteiger partial charge < -0.3 is 14.8 Å². The Hall–Kier alpha value is -3.52. The number of benzene rings is 3. The molecule has 1 amide bonds. The summed E-state index contributed by atoms with van der Waals surface area (Å²) in [7, 11) is -2.31. The lowest BCUT2D eigenvalue weighted by Crippen LogP contribution is -2.51. The molecule has 7 nitrogen and oxygen atoms in total. The summed E-state index contributed by atoms with van der Waals surface area (Å²) < 4.78 is 39.2. The van der Waals surface area contributed by atoms with Gasteiger partial charge in [0, 0.05) is 5.56 Å². The lowest BCUT2D eigenvalue weighted by atomic mass is 10.1. The number of amides is 1. The number of rotatable bonds is 6. The summed E-state index contributed by atoms with van der Waals surface area (Å²) in [6.07, 6.45) is -1.01. The van der Waals surface area contributed by atoms with E-state index < -0.39 is 22.0 Å². The molecule has 0 saturated carbocycles. The van der Waals surface area contributed by atoms with E-state index in [1.165, 1.54) is 16.4 Å². The maximum Gasteiger partial charge on any atom is 0.264 e. The highest BCUT2D eigenvalue weighted by molar-refractivity contribution is 7.92. The average molecular weight is 453 g/mol. The molecule has 0 aliphatic carbocycles. The van der Waals surface area contributed by atoms with Crippen LogP contribution in [0.25, 0.3) is 0 Å². The lowest BCUT2D eigenvalue weighted by molar-refractivity contribution is -0.128. The topological polar surface area (TPSA) is 84.9 Å². The maximum atomic E-state index is 13.4. The molecular formula is C24H24N2O5S. The molecule has 2 atom stereocenters. The molecule has 1 aliphatic rings. The van der Waals surface area contributed by atoms with Crippen LogP contribution in [0.5, 0.6) is 11.5 Å². The number of para-hydroxylation sites is 3. The van der Waals surface area contributed by atoms with Crippen LogP contribution < -0.4 is 19.1 Å². The van der Waals surface area contributed by atoms with Crippen LogP contribution in [0.3, 0.4) is 0 Å². The van der Waals surface area contributed by atoms with Crippen molar-refractivity contribution in [3.63, 3.8) is 0 Å². The minimum Gasteiger partial charge on any atom is -0.496 e. The first kappa shape index (κ1) is 21.7. The average Bonchev–Trinajstić information content (AvgIpc) is 2.83. The van der Waals surface area contributed by atoms with E-state index in [1.807, 2.05) is 31.2 Å². The van der Waals surface area contributed by atoms with Gasteiger partial charge in [0.25, 0.3) is 15.9 Å². The quantitative estimate of drug-likeness (QED) is 0.619. The Kier molecular flexibility index (Phi) is 6.05. The molecule has 1 N–H and O–H groups in total. The van der Waals surface area contributed by atoms with E-state index in [9.17, 15) is 13.2 Å². The number of hydrogen-bond acceptors (Lipinski definition) is 5. The van der Waals surface area contributed by atoms with E-state index in [-0.39, 0.29) is 17.5 Å². The zero-order valence-electron chi connectivity index (χ0n) is 17.8. The third-order valence-electron chi connectivity index (χ3n) is 5.32. The summed E-state index contributed by atoms with van der Waals surface area (Å²) in [5, 5.41) is 2.92. The lowest BCUT2D eigenvalue weighted by Gasteiger charge is -2.35. The van der Waals surface area contributed by atoms with Crippen molar-refractivity contribution in [1.29, 1.82) is 0 Å². The van der Waals surface area contributed by atoms with Gasteiger partial charge in [0.1, 0.15) is 11.5 Å². The van der Waals surface area contributed by atoms with Crippen molar-refractivity contribution >= 4 is 21.6 Å². The van der Waals surface area contributed by atoms with Crippen molar-refractivity contribution in [2.24, 2.45) is 0 Å². The highest BCUT2D eigenvalue weighted by Gasteiger charge is 2.37. The highest BCUT2D eigenvalue weighted by Crippen LogP contribution is 2.37. The molecule has 4 rings (SSSR count). The van der Waals surface area contributed by atoms with E-state index in [0.717, 1.165) is 5.56 Å². The molecule has 3 aromatic rings. The molecule has 1 heterocycles. The second kappa shape index (κ2) is 8.92. The van der Waals surface area contributed by atoms with Gasteiger partial charge in [0.05, 0.1) is 30.3 Å². The van der Waals surface area contributed by atoms with Crippen LogP contribution in [0.15, 0.2) is 83.8 Å². The Bertz CT molecular complexity index is 1210. The summed E-state index contributed by atoms with van der Waals surface area (Å²) >= 11 is 0. The van der Waals surface area contributed by atoms with Crippen molar-refractivity contribution in [3.05, 3.63) is 84.4 Å². The van der Waals surface area contributed by atoms with Crippen LogP contribution >= 0.6 is 0 Å². The summed E-state index contributed by atoms with van der Waals surface area (Å²) in [4.78, 5) is 13.3. The Balaban J connectivity index is 1.62. The molecule has 0 unspecified atom stereocenters. The van der Waals surface area contributed by atoms with Crippen LogP contribution in [0, 0.1) is 0 Å².